The maximum absolute atomic E-state index is 13.1. The van der Waals surface area contributed by atoms with Crippen LogP contribution in [0.2, 0.25) is 0 Å². The Kier molecular flexibility index (Phi) is 7.27. The van der Waals surface area contributed by atoms with Crippen LogP contribution in [0.3, 0.4) is 0 Å². The van der Waals surface area contributed by atoms with Crippen molar-refractivity contribution >= 4 is 21.4 Å². The van der Waals surface area contributed by atoms with Crippen LogP contribution in [0, 0.1) is 13.8 Å². The first-order valence-corrected chi connectivity index (χ1v) is 11.7. The number of benzene rings is 2. The van der Waals surface area contributed by atoms with Crippen molar-refractivity contribution in [2.45, 2.75) is 25.2 Å². The molecule has 0 atom stereocenters. The molecule has 2 aromatic carbocycles. The Labute approximate surface area is 192 Å². The fourth-order valence-electron chi connectivity index (χ4n) is 3.20. The average Bonchev–Trinajstić information content (AvgIpc) is 3.15. The van der Waals surface area contributed by atoms with Crippen molar-refractivity contribution in [1.82, 2.24) is 5.16 Å². The molecular formula is C23H26N2O7S. The zero-order valence-electron chi connectivity index (χ0n) is 19.1. The maximum atomic E-state index is 13.1. The fourth-order valence-corrected chi connectivity index (χ4v) is 4.64. The number of sulfone groups is 1. The second-order valence-electron chi connectivity index (χ2n) is 7.27. The standard InChI is InChI=1S/C23H26N2O7S/c1-14-15(2)25-32-23(14)16-6-9-19(30-4)21(12-16)33(27,28)11-10-22(26)24-18-8-7-17(29-3)13-20(18)31-5/h6-9,12-13H,10-11H2,1-5H3,(H,24,26). The van der Waals surface area contributed by atoms with Gasteiger partial charge in [-0.2, -0.15) is 0 Å². The molecule has 33 heavy (non-hydrogen) atoms. The molecular weight excluding hydrogens is 448 g/mol. The van der Waals surface area contributed by atoms with Crippen LogP contribution in [-0.4, -0.2) is 46.6 Å². The molecule has 0 aliphatic rings. The zero-order chi connectivity index (χ0) is 24.2. The predicted octanol–water partition coefficient (Wildman–Crippen LogP) is 3.79. The molecule has 0 aliphatic carbocycles. The topological polar surface area (TPSA) is 117 Å². The second kappa shape index (κ2) is 9.95. The van der Waals surface area contributed by atoms with Gasteiger partial charge in [0.05, 0.1) is 38.5 Å². The van der Waals surface area contributed by atoms with Crippen LogP contribution in [0.5, 0.6) is 17.2 Å². The van der Waals surface area contributed by atoms with Crippen molar-refractivity contribution in [2.75, 3.05) is 32.4 Å². The lowest BCUT2D eigenvalue weighted by Crippen LogP contribution is -2.18. The molecule has 0 fully saturated rings. The summed E-state index contributed by atoms with van der Waals surface area (Å²) in [6.45, 7) is 3.65. The molecule has 1 heterocycles. The Morgan fingerprint density at radius 2 is 1.73 bits per heavy atom. The highest BCUT2D eigenvalue weighted by Crippen LogP contribution is 2.33. The number of carbonyl (C=O) groups is 1. The lowest BCUT2D eigenvalue weighted by molar-refractivity contribution is -0.115. The van der Waals surface area contributed by atoms with E-state index in [4.69, 9.17) is 18.7 Å². The number of rotatable bonds is 9. The van der Waals surface area contributed by atoms with Gasteiger partial charge in [0.2, 0.25) is 5.91 Å². The third-order valence-electron chi connectivity index (χ3n) is 5.20. The summed E-state index contributed by atoms with van der Waals surface area (Å²) in [5.41, 5.74) is 2.50. The highest BCUT2D eigenvalue weighted by Gasteiger charge is 2.24. The molecule has 0 aliphatic heterocycles. The second-order valence-corrected chi connectivity index (χ2v) is 9.35. The van der Waals surface area contributed by atoms with E-state index >= 15 is 0 Å². The Hall–Kier alpha value is -3.53. The first-order valence-electron chi connectivity index (χ1n) is 10.1. The molecule has 1 N–H and O–H groups in total. The smallest absolute Gasteiger partial charge is 0.225 e. The fraction of sp³-hybridized carbons (Fsp3) is 0.304. The summed E-state index contributed by atoms with van der Waals surface area (Å²) in [6.07, 6.45) is -0.259. The van der Waals surface area contributed by atoms with E-state index in [1.165, 1.54) is 27.4 Å². The van der Waals surface area contributed by atoms with E-state index in [0.717, 1.165) is 11.3 Å². The first kappa shape index (κ1) is 24.1. The average molecular weight is 475 g/mol. The molecule has 0 saturated carbocycles. The normalized spacial score (nSPS) is 11.2. The number of carbonyl (C=O) groups excluding carboxylic acids is 1. The molecule has 3 aromatic rings. The molecule has 1 amide bonds. The SMILES string of the molecule is COc1ccc(NC(=O)CCS(=O)(=O)c2cc(-c3onc(C)c3C)ccc2OC)c(OC)c1. The van der Waals surface area contributed by atoms with Gasteiger partial charge >= 0.3 is 0 Å². The molecule has 0 unspecified atom stereocenters. The highest BCUT2D eigenvalue weighted by atomic mass is 32.2. The van der Waals surface area contributed by atoms with E-state index < -0.39 is 21.5 Å². The summed E-state index contributed by atoms with van der Waals surface area (Å²) < 4.78 is 47.2. The minimum absolute atomic E-state index is 0.0224. The first-order chi connectivity index (χ1) is 15.7. The largest absolute Gasteiger partial charge is 0.497 e. The molecule has 0 bridgehead atoms. The number of nitrogens with zero attached hydrogens (tertiary/aromatic N) is 1. The van der Waals surface area contributed by atoms with Gasteiger partial charge in [-0.25, -0.2) is 8.42 Å². The number of amides is 1. The van der Waals surface area contributed by atoms with E-state index in [2.05, 4.69) is 10.5 Å². The van der Waals surface area contributed by atoms with Crippen LogP contribution in [0.25, 0.3) is 11.3 Å². The molecule has 10 heteroatoms. The molecule has 3 rings (SSSR count). The minimum atomic E-state index is -3.85. The van der Waals surface area contributed by atoms with Crippen molar-refractivity contribution < 1.29 is 31.9 Å². The minimum Gasteiger partial charge on any atom is -0.497 e. The highest BCUT2D eigenvalue weighted by molar-refractivity contribution is 7.91. The summed E-state index contributed by atoms with van der Waals surface area (Å²) in [7, 11) is 0.521. The Balaban J connectivity index is 1.80. The number of aromatic nitrogens is 1. The number of hydrogen-bond donors (Lipinski definition) is 1. The van der Waals surface area contributed by atoms with Crippen LogP contribution in [0.15, 0.2) is 45.8 Å². The summed E-state index contributed by atoms with van der Waals surface area (Å²) in [5, 5.41) is 6.60. The van der Waals surface area contributed by atoms with E-state index in [1.54, 1.807) is 37.3 Å². The molecule has 9 nitrogen and oxygen atoms in total. The predicted molar refractivity (Wildman–Crippen MR) is 123 cm³/mol. The van der Waals surface area contributed by atoms with Crippen LogP contribution in [0.1, 0.15) is 17.7 Å². The molecule has 176 valence electrons. The Bertz CT molecular complexity index is 1270. The van der Waals surface area contributed by atoms with Crippen LogP contribution < -0.4 is 19.5 Å². The maximum Gasteiger partial charge on any atom is 0.225 e. The van der Waals surface area contributed by atoms with Gasteiger partial charge in [-0.3, -0.25) is 4.79 Å². The number of nitrogens with one attached hydrogen (secondary N) is 1. The number of hydrogen-bond acceptors (Lipinski definition) is 8. The number of ether oxygens (including phenoxy) is 3. The van der Waals surface area contributed by atoms with E-state index in [1.807, 2.05) is 6.92 Å². The molecule has 1 aromatic heterocycles. The van der Waals surface area contributed by atoms with Crippen molar-refractivity contribution in [3.8, 4) is 28.6 Å². The number of aryl methyl sites for hydroxylation is 1. The van der Waals surface area contributed by atoms with Gasteiger partial charge in [-0.1, -0.05) is 5.16 Å². The van der Waals surface area contributed by atoms with E-state index in [0.29, 0.717) is 28.5 Å². The van der Waals surface area contributed by atoms with Crippen LogP contribution in [0.4, 0.5) is 5.69 Å². The third-order valence-corrected chi connectivity index (χ3v) is 6.93. The van der Waals surface area contributed by atoms with Crippen LogP contribution in [-0.2, 0) is 14.6 Å². The van der Waals surface area contributed by atoms with Gasteiger partial charge in [-0.05, 0) is 44.2 Å². The lowest BCUT2D eigenvalue weighted by Gasteiger charge is -2.13. The number of methoxy groups -OCH3 is 3. The Morgan fingerprint density at radius 1 is 1.00 bits per heavy atom. The molecule has 0 spiro atoms. The zero-order valence-corrected chi connectivity index (χ0v) is 19.9. The van der Waals surface area contributed by atoms with Crippen molar-refractivity contribution in [3.05, 3.63) is 47.7 Å². The van der Waals surface area contributed by atoms with Gasteiger partial charge in [-0.15, -0.1) is 0 Å². The van der Waals surface area contributed by atoms with Gasteiger partial charge in [0.15, 0.2) is 15.6 Å². The van der Waals surface area contributed by atoms with Crippen LogP contribution >= 0.6 is 0 Å². The third kappa shape index (κ3) is 5.28. The van der Waals surface area contributed by atoms with Gasteiger partial charge in [0.1, 0.15) is 22.1 Å². The van der Waals surface area contributed by atoms with Gasteiger partial charge in [0.25, 0.3) is 0 Å². The summed E-state index contributed by atoms with van der Waals surface area (Å²) in [5.74, 6) is 0.750. The van der Waals surface area contributed by atoms with Gasteiger partial charge < -0.3 is 24.1 Å². The van der Waals surface area contributed by atoms with Gasteiger partial charge in [0, 0.05) is 23.6 Å². The number of anilines is 1. The summed E-state index contributed by atoms with van der Waals surface area (Å²) in [4.78, 5) is 12.5. The lowest BCUT2D eigenvalue weighted by atomic mass is 10.1. The quantitative estimate of drug-likeness (QED) is 0.498. The monoisotopic (exact) mass is 474 g/mol. The van der Waals surface area contributed by atoms with E-state index in [-0.39, 0.29) is 17.1 Å². The van der Waals surface area contributed by atoms with Crippen molar-refractivity contribution in [1.29, 1.82) is 0 Å². The summed E-state index contributed by atoms with van der Waals surface area (Å²) >= 11 is 0. The van der Waals surface area contributed by atoms with Crippen molar-refractivity contribution in [2.24, 2.45) is 0 Å². The summed E-state index contributed by atoms with van der Waals surface area (Å²) in [6, 6.07) is 9.65. The molecule has 0 radical (unpaired) electrons. The Morgan fingerprint density at radius 3 is 2.33 bits per heavy atom. The molecule has 0 saturated heterocycles. The van der Waals surface area contributed by atoms with E-state index in [9.17, 15) is 13.2 Å². The van der Waals surface area contributed by atoms with Crippen molar-refractivity contribution in [3.63, 3.8) is 0 Å².